The zero-order valence-electron chi connectivity index (χ0n) is 14.8. The predicted octanol–water partition coefficient (Wildman–Crippen LogP) is 1.68. The van der Waals surface area contributed by atoms with E-state index in [4.69, 9.17) is 14.2 Å². The summed E-state index contributed by atoms with van der Waals surface area (Å²) in [6, 6.07) is 6.70. The highest BCUT2D eigenvalue weighted by atomic mass is 16.7. The Kier molecular flexibility index (Phi) is 5.49. The molecular formula is C18H20N2O7. The second-order valence-electron chi connectivity index (χ2n) is 6.07. The molecule has 9 heteroatoms. The lowest BCUT2D eigenvalue weighted by atomic mass is 9.91. The molecule has 0 amide bonds. The van der Waals surface area contributed by atoms with Crippen molar-refractivity contribution in [2.75, 3.05) is 13.4 Å². The lowest BCUT2D eigenvalue weighted by Gasteiger charge is -2.14. The Labute approximate surface area is 155 Å². The van der Waals surface area contributed by atoms with Crippen molar-refractivity contribution >= 4 is 11.9 Å². The van der Waals surface area contributed by atoms with Gasteiger partial charge >= 0.3 is 11.9 Å². The number of ether oxygens (including phenoxy) is 3. The third-order valence-corrected chi connectivity index (χ3v) is 4.14. The number of rotatable bonds is 8. The Morgan fingerprint density at radius 1 is 1.30 bits per heavy atom. The molecule has 3 rings (SSSR count). The van der Waals surface area contributed by atoms with Gasteiger partial charge in [0.15, 0.2) is 11.5 Å². The standard InChI is InChI=1S/C18H20N2O7/c1-2-25-18(24)9-20-16(21)8-13(19-20)5-12(7-17(22)23)11-3-4-14-15(6-11)27-10-26-14/h3-4,6,8,12,21H,2,5,7,9-10H2,1H3,(H,22,23)/t12-/m0/s1. The van der Waals surface area contributed by atoms with E-state index in [-0.39, 0.29) is 44.6 Å². The zero-order valence-corrected chi connectivity index (χ0v) is 14.8. The fraction of sp³-hybridized carbons (Fsp3) is 0.389. The molecule has 1 aromatic heterocycles. The number of hydrogen-bond donors (Lipinski definition) is 2. The summed E-state index contributed by atoms with van der Waals surface area (Å²) in [5.74, 6) is -0.851. The van der Waals surface area contributed by atoms with Gasteiger partial charge in [0.2, 0.25) is 12.7 Å². The fourth-order valence-corrected chi connectivity index (χ4v) is 2.94. The summed E-state index contributed by atoms with van der Waals surface area (Å²) in [5, 5.41) is 23.4. The number of fused-ring (bicyclic) bond motifs is 1. The van der Waals surface area contributed by atoms with Crippen molar-refractivity contribution in [1.29, 1.82) is 0 Å². The van der Waals surface area contributed by atoms with Crippen molar-refractivity contribution in [2.45, 2.75) is 32.2 Å². The first kappa shape index (κ1) is 18.6. The smallest absolute Gasteiger partial charge is 0.327 e. The number of nitrogens with zero attached hydrogens (tertiary/aromatic N) is 2. The molecule has 1 aromatic carbocycles. The Balaban J connectivity index is 1.79. The van der Waals surface area contributed by atoms with E-state index >= 15 is 0 Å². The summed E-state index contributed by atoms with van der Waals surface area (Å²) < 4.78 is 16.6. The Hall–Kier alpha value is -3.23. The van der Waals surface area contributed by atoms with Gasteiger partial charge in [-0.3, -0.25) is 9.59 Å². The molecule has 0 spiro atoms. The average molecular weight is 376 g/mol. The van der Waals surface area contributed by atoms with Crippen LogP contribution >= 0.6 is 0 Å². The van der Waals surface area contributed by atoms with Gasteiger partial charge in [0.25, 0.3) is 0 Å². The van der Waals surface area contributed by atoms with E-state index in [1.807, 2.05) is 0 Å². The Bertz CT molecular complexity index is 846. The van der Waals surface area contributed by atoms with Crippen LogP contribution in [0.25, 0.3) is 0 Å². The van der Waals surface area contributed by atoms with Crippen LogP contribution in [0, 0.1) is 0 Å². The van der Waals surface area contributed by atoms with Crippen molar-refractivity contribution in [3.63, 3.8) is 0 Å². The van der Waals surface area contributed by atoms with Crippen LogP contribution in [0.3, 0.4) is 0 Å². The monoisotopic (exact) mass is 376 g/mol. The lowest BCUT2D eigenvalue weighted by molar-refractivity contribution is -0.144. The van der Waals surface area contributed by atoms with Gasteiger partial charge in [0.1, 0.15) is 6.54 Å². The summed E-state index contributed by atoms with van der Waals surface area (Å²) in [4.78, 5) is 22.9. The highest BCUT2D eigenvalue weighted by molar-refractivity contribution is 5.69. The molecule has 0 saturated heterocycles. The average Bonchev–Trinajstić information content (AvgIpc) is 3.20. The minimum atomic E-state index is -0.951. The molecular weight excluding hydrogens is 356 g/mol. The first-order valence-electron chi connectivity index (χ1n) is 8.49. The van der Waals surface area contributed by atoms with Crippen molar-refractivity contribution in [1.82, 2.24) is 9.78 Å². The summed E-state index contributed by atoms with van der Waals surface area (Å²) in [7, 11) is 0. The van der Waals surface area contributed by atoms with Crippen LogP contribution in [0.15, 0.2) is 24.3 Å². The zero-order chi connectivity index (χ0) is 19.4. The number of esters is 1. The van der Waals surface area contributed by atoms with Crippen molar-refractivity contribution < 1.29 is 34.0 Å². The van der Waals surface area contributed by atoms with Crippen LogP contribution < -0.4 is 9.47 Å². The highest BCUT2D eigenvalue weighted by Crippen LogP contribution is 2.36. The van der Waals surface area contributed by atoms with Gasteiger partial charge in [0.05, 0.1) is 18.7 Å². The normalized spacial score (nSPS) is 13.4. The molecule has 144 valence electrons. The van der Waals surface area contributed by atoms with Gasteiger partial charge < -0.3 is 24.4 Å². The van der Waals surface area contributed by atoms with Gasteiger partial charge in [-0.2, -0.15) is 5.10 Å². The molecule has 0 bridgehead atoms. The fourth-order valence-electron chi connectivity index (χ4n) is 2.94. The minimum absolute atomic E-state index is 0.120. The van der Waals surface area contributed by atoms with E-state index < -0.39 is 11.9 Å². The van der Waals surface area contributed by atoms with Gasteiger partial charge in [-0.05, 0) is 31.0 Å². The summed E-state index contributed by atoms with van der Waals surface area (Å²) in [5.41, 5.74) is 1.24. The van der Waals surface area contributed by atoms with E-state index in [1.54, 1.807) is 25.1 Å². The molecule has 1 aliphatic rings. The van der Waals surface area contributed by atoms with Crippen molar-refractivity contribution in [3.05, 3.63) is 35.5 Å². The van der Waals surface area contributed by atoms with Crippen LogP contribution in [-0.2, 0) is 27.3 Å². The molecule has 1 aliphatic heterocycles. The number of benzene rings is 1. The third-order valence-electron chi connectivity index (χ3n) is 4.14. The summed E-state index contributed by atoms with van der Waals surface area (Å²) in [6.07, 6.45) is 0.153. The van der Waals surface area contributed by atoms with E-state index in [0.717, 1.165) is 10.2 Å². The Morgan fingerprint density at radius 3 is 2.81 bits per heavy atom. The number of aliphatic carboxylic acids is 1. The molecule has 2 heterocycles. The summed E-state index contributed by atoms with van der Waals surface area (Å²) in [6.45, 7) is 1.84. The van der Waals surface area contributed by atoms with Crippen LogP contribution in [0.2, 0.25) is 0 Å². The van der Waals surface area contributed by atoms with E-state index in [9.17, 15) is 19.8 Å². The molecule has 2 N–H and O–H groups in total. The number of carbonyl (C=O) groups excluding carboxylic acids is 1. The quantitative estimate of drug-likeness (QED) is 0.668. The highest BCUT2D eigenvalue weighted by Gasteiger charge is 2.22. The first-order valence-corrected chi connectivity index (χ1v) is 8.49. The topological polar surface area (TPSA) is 120 Å². The van der Waals surface area contributed by atoms with E-state index in [0.29, 0.717) is 17.2 Å². The first-order chi connectivity index (χ1) is 13.0. The van der Waals surface area contributed by atoms with Gasteiger partial charge in [-0.1, -0.05) is 6.07 Å². The van der Waals surface area contributed by atoms with Crippen molar-refractivity contribution in [2.24, 2.45) is 0 Å². The molecule has 0 radical (unpaired) electrons. The Morgan fingerprint density at radius 2 is 2.07 bits per heavy atom. The number of aromatic hydroxyl groups is 1. The largest absolute Gasteiger partial charge is 0.493 e. The van der Waals surface area contributed by atoms with E-state index in [2.05, 4.69) is 5.10 Å². The van der Waals surface area contributed by atoms with Gasteiger partial charge in [-0.15, -0.1) is 0 Å². The van der Waals surface area contributed by atoms with Gasteiger partial charge in [-0.25, -0.2) is 4.68 Å². The molecule has 2 aromatic rings. The van der Waals surface area contributed by atoms with Crippen LogP contribution in [0.1, 0.15) is 30.5 Å². The molecule has 1 atom stereocenters. The molecule has 0 fully saturated rings. The summed E-state index contributed by atoms with van der Waals surface area (Å²) >= 11 is 0. The maximum absolute atomic E-state index is 11.6. The second-order valence-corrected chi connectivity index (χ2v) is 6.07. The number of carboxylic acids is 1. The maximum Gasteiger partial charge on any atom is 0.327 e. The second kappa shape index (κ2) is 7.98. The molecule has 0 saturated carbocycles. The molecule has 0 unspecified atom stereocenters. The number of aromatic nitrogens is 2. The lowest BCUT2D eigenvalue weighted by Crippen LogP contribution is -2.15. The van der Waals surface area contributed by atoms with Crippen LogP contribution in [-0.4, -0.2) is 45.3 Å². The number of hydrogen-bond acceptors (Lipinski definition) is 7. The molecule has 27 heavy (non-hydrogen) atoms. The minimum Gasteiger partial charge on any atom is -0.493 e. The molecule has 9 nitrogen and oxygen atoms in total. The SMILES string of the molecule is CCOC(=O)Cn1nc(C[C@@H](CC(=O)O)c2ccc3c(c2)OCO3)cc1O. The van der Waals surface area contributed by atoms with Gasteiger partial charge in [0, 0.05) is 12.0 Å². The molecule has 0 aliphatic carbocycles. The third kappa shape index (κ3) is 4.49. The van der Waals surface area contributed by atoms with Crippen LogP contribution in [0.5, 0.6) is 17.4 Å². The van der Waals surface area contributed by atoms with E-state index in [1.165, 1.54) is 6.07 Å². The van der Waals surface area contributed by atoms with Crippen molar-refractivity contribution in [3.8, 4) is 17.4 Å². The number of carboxylic acid groups (broad SMARTS) is 1. The number of carbonyl (C=O) groups is 2. The van der Waals surface area contributed by atoms with Crippen LogP contribution in [0.4, 0.5) is 0 Å². The maximum atomic E-state index is 11.6. The predicted molar refractivity (Wildman–Crippen MR) is 91.8 cm³/mol.